The highest BCUT2D eigenvalue weighted by Gasteiger charge is 2.13. The van der Waals surface area contributed by atoms with Crippen LogP contribution in [0, 0.1) is 6.92 Å². The van der Waals surface area contributed by atoms with Crippen LogP contribution >= 0.6 is 11.6 Å². The molecule has 0 radical (unpaired) electrons. The molecule has 0 amide bonds. The fraction of sp³-hybridized carbons (Fsp3) is 0.500. The zero-order valence-electron chi connectivity index (χ0n) is 12.0. The van der Waals surface area contributed by atoms with Gasteiger partial charge in [0.15, 0.2) is 0 Å². The summed E-state index contributed by atoms with van der Waals surface area (Å²) >= 11 is 6.17. The normalized spacial score (nSPS) is 12.3. The third-order valence-electron chi connectivity index (χ3n) is 3.17. The summed E-state index contributed by atoms with van der Waals surface area (Å²) in [4.78, 5) is 4.40. The van der Waals surface area contributed by atoms with Gasteiger partial charge in [0.25, 0.3) is 0 Å². The topological polar surface area (TPSA) is 27.1 Å². The van der Waals surface area contributed by atoms with Crippen LogP contribution in [0.5, 0.6) is 0 Å². The molecule has 104 valence electrons. The predicted octanol–water partition coefficient (Wildman–Crippen LogP) is 4.31. The van der Waals surface area contributed by atoms with Crippen molar-refractivity contribution >= 4 is 30.7 Å². The highest BCUT2D eigenvalue weighted by molar-refractivity contribution is 6.76. The SMILES string of the molecule is Cc1cc2c(Cl)ccnc2n1COCC[Si](C)(C)C. The van der Waals surface area contributed by atoms with Gasteiger partial charge >= 0.3 is 0 Å². The summed E-state index contributed by atoms with van der Waals surface area (Å²) in [5.74, 6) is 0. The molecule has 0 aliphatic rings. The molecule has 0 aromatic carbocycles. The lowest BCUT2D eigenvalue weighted by Crippen LogP contribution is -2.22. The molecule has 0 saturated heterocycles. The summed E-state index contributed by atoms with van der Waals surface area (Å²) < 4.78 is 7.87. The Kier molecular flexibility index (Phi) is 4.33. The summed E-state index contributed by atoms with van der Waals surface area (Å²) in [5.41, 5.74) is 2.03. The van der Waals surface area contributed by atoms with Crippen LogP contribution in [0.15, 0.2) is 18.3 Å². The molecule has 0 unspecified atom stereocenters. The van der Waals surface area contributed by atoms with Gasteiger partial charge in [0.1, 0.15) is 12.4 Å². The van der Waals surface area contributed by atoms with Crippen molar-refractivity contribution < 1.29 is 4.74 Å². The van der Waals surface area contributed by atoms with Crippen LogP contribution in [0.4, 0.5) is 0 Å². The molecule has 3 nitrogen and oxygen atoms in total. The Bertz CT molecular complexity index is 575. The first-order chi connectivity index (χ1) is 8.88. The number of aromatic nitrogens is 2. The molecule has 5 heteroatoms. The van der Waals surface area contributed by atoms with E-state index in [-0.39, 0.29) is 0 Å². The number of pyridine rings is 1. The van der Waals surface area contributed by atoms with Gasteiger partial charge in [0.2, 0.25) is 0 Å². The van der Waals surface area contributed by atoms with Crippen LogP contribution in [0.25, 0.3) is 11.0 Å². The summed E-state index contributed by atoms with van der Waals surface area (Å²) in [7, 11) is -1.03. The van der Waals surface area contributed by atoms with Gasteiger partial charge in [-0.2, -0.15) is 0 Å². The van der Waals surface area contributed by atoms with Crippen LogP contribution < -0.4 is 0 Å². The van der Waals surface area contributed by atoms with Gasteiger partial charge in [0.05, 0.1) is 5.02 Å². The van der Waals surface area contributed by atoms with Crippen molar-refractivity contribution in [1.82, 2.24) is 9.55 Å². The van der Waals surface area contributed by atoms with Crippen molar-refractivity contribution in [2.75, 3.05) is 6.61 Å². The Morgan fingerprint density at radius 3 is 2.79 bits per heavy atom. The maximum atomic E-state index is 6.17. The molecule has 2 rings (SSSR count). The van der Waals surface area contributed by atoms with Crippen molar-refractivity contribution in [1.29, 1.82) is 0 Å². The second kappa shape index (κ2) is 5.65. The molecule has 0 fully saturated rings. The minimum absolute atomic E-state index is 0.549. The molecule has 0 atom stereocenters. The van der Waals surface area contributed by atoms with E-state index in [0.29, 0.717) is 6.73 Å². The molecular weight excluding hydrogens is 276 g/mol. The average Bonchev–Trinajstić information content (AvgIpc) is 2.62. The van der Waals surface area contributed by atoms with E-state index in [2.05, 4.69) is 42.2 Å². The van der Waals surface area contributed by atoms with E-state index in [0.717, 1.165) is 28.4 Å². The quantitative estimate of drug-likeness (QED) is 0.607. The van der Waals surface area contributed by atoms with Crippen LogP contribution in [0.1, 0.15) is 5.69 Å². The summed E-state index contributed by atoms with van der Waals surface area (Å²) in [6.07, 6.45) is 1.74. The first kappa shape index (κ1) is 14.6. The Labute approximate surface area is 120 Å². The highest BCUT2D eigenvalue weighted by Crippen LogP contribution is 2.24. The third kappa shape index (κ3) is 3.59. The van der Waals surface area contributed by atoms with Crippen molar-refractivity contribution in [2.24, 2.45) is 0 Å². The van der Waals surface area contributed by atoms with Crippen molar-refractivity contribution in [3.8, 4) is 0 Å². The molecule has 19 heavy (non-hydrogen) atoms. The maximum absolute atomic E-state index is 6.17. The van der Waals surface area contributed by atoms with Crippen molar-refractivity contribution in [3.05, 3.63) is 29.0 Å². The number of hydrogen-bond donors (Lipinski definition) is 0. The minimum Gasteiger partial charge on any atom is -0.361 e. The second-order valence-electron chi connectivity index (χ2n) is 6.09. The highest BCUT2D eigenvalue weighted by atomic mass is 35.5. The number of rotatable bonds is 5. The Morgan fingerprint density at radius 1 is 1.37 bits per heavy atom. The molecule has 2 aromatic heterocycles. The number of halogens is 1. The van der Waals surface area contributed by atoms with Crippen molar-refractivity contribution in [3.63, 3.8) is 0 Å². The molecule has 0 N–H and O–H groups in total. The average molecular weight is 297 g/mol. The molecular formula is C14H21ClN2OSi. The number of aryl methyl sites for hydroxylation is 1. The zero-order valence-corrected chi connectivity index (χ0v) is 13.8. The van der Waals surface area contributed by atoms with Gasteiger partial charge < -0.3 is 9.30 Å². The monoisotopic (exact) mass is 296 g/mol. The molecule has 0 aliphatic carbocycles. The summed E-state index contributed by atoms with van der Waals surface area (Å²) in [6.45, 7) is 10.5. The number of fused-ring (bicyclic) bond motifs is 1. The number of hydrogen-bond acceptors (Lipinski definition) is 2. The largest absolute Gasteiger partial charge is 0.361 e. The predicted molar refractivity (Wildman–Crippen MR) is 83.6 cm³/mol. The lowest BCUT2D eigenvalue weighted by molar-refractivity contribution is 0.0886. The fourth-order valence-electron chi connectivity index (χ4n) is 1.94. The van der Waals surface area contributed by atoms with Gasteiger partial charge in [-0.3, -0.25) is 0 Å². The molecule has 2 heterocycles. The lowest BCUT2D eigenvalue weighted by atomic mass is 10.3. The first-order valence-electron chi connectivity index (χ1n) is 6.56. The smallest absolute Gasteiger partial charge is 0.143 e. The first-order valence-corrected chi connectivity index (χ1v) is 10.6. The van der Waals surface area contributed by atoms with E-state index in [1.165, 1.54) is 6.04 Å². The van der Waals surface area contributed by atoms with Crippen LogP contribution in [-0.2, 0) is 11.5 Å². The van der Waals surface area contributed by atoms with E-state index < -0.39 is 8.07 Å². The van der Waals surface area contributed by atoms with Crippen LogP contribution in [0.3, 0.4) is 0 Å². The van der Waals surface area contributed by atoms with Gasteiger partial charge in [-0.15, -0.1) is 0 Å². The van der Waals surface area contributed by atoms with E-state index in [4.69, 9.17) is 16.3 Å². The van der Waals surface area contributed by atoms with E-state index in [1.807, 2.05) is 6.07 Å². The Balaban J connectivity index is 2.09. The van der Waals surface area contributed by atoms with E-state index in [9.17, 15) is 0 Å². The summed E-state index contributed by atoms with van der Waals surface area (Å²) in [5, 5.41) is 1.74. The zero-order chi connectivity index (χ0) is 14.0. The second-order valence-corrected chi connectivity index (χ2v) is 12.1. The van der Waals surface area contributed by atoms with Gasteiger partial charge in [-0.05, 0) is 25.1 Å². The molecule has 0 bridgehead atoms. The van der Waals surface area contributed by atoms with E-state index >= 15 is 0 Å². The molecule has 0 saturated carbocycles. The van der Waals surface area contributed by atoms with Crippen LogP contribution in [0.2, 0.25) is 30.7 Å². The fourth-order valence-corrected chi connectivity index (χ4v) is 2.89. The molecule has 0 spiro atoms. The number of ether oxygens (including phenoxy) is 1. The molecule has 0 aliphatic heterocycles. The van der Waals surface area contributed by atoms with E-state index in [1.54, 1.807) is 6.20 Å². The van der Waals surface area contributed by atoms with Crippen LogP contribution in [-0.4, -0.2) is 24.2 Å². The summed E-state index contributed by atoms with van der Waals surface area (Å²) in [6, 6.07) is 5.06. The van der Waals surface area contributed by atoms with Crippen molar-refractivity contribution in [2.45, 2.75) is 39.3 Å². The van der Waals surface area contributed by atoms with Gasteiger partial charge in [-0.1, -0.05) is 31.2 Å². The Morgan fingerprint density at radius 2 is 2.11 bits per heavy atom. The minimum atomic E-state index is -1.03. The lowest BCUT2D eigenvalue weighted by Gasteiger charge is -2.16. The van der Waals surface area contributed by atoms with Gasteiger partial charge in [-0.25, -0.2) is 4.98 Å². The number of nitrogens with zero attached hydrogens (tertiary/aromatic N) is 2. The molecule has 2 aromatic rings. The Hall–Kier alpha value is -0.843. The van der Waals surface area contributed by atoms with Gasteiger partial charge in [0, 0.05) is 32.0 Å². The third-order valence-corrected chi connectivity index (χ3v) is 5.20. The maximum Gasteiger partial charge on any atom is 0.143 e. The standard InChI is InChI=1S/C14H21ClN2OSi/c1-11-9-12-13(15)5-6-16-14(12)17(11)10-18-7-8-19(2,3)4/h5-6,9H,7-8,10H2,1-4H3.